The first kappa shape index (κ1) is 11.2. The third-order valence-corrected chi connectivity index (χ3v) is 3.59. The number of fused-ring (bicyclic) bond motifs is 1. The van der Waals surface area contributed by atoms with E-state index >= 15 is 0 Å². The van der Waals surface area contributed by atoms with E-state index < -0.39 is 0 Å². The Kier molecular flexibility index (Phi) is 2.92. The molecule has 4 heteroatoms. The van der Waals surface area contributed by atoms with Crippen LogP contribution in [0.2, 0.25) is 0 Å². The molecular formula is C13H7BrINO. The average molecular weight is 400 g/mol. The normalized spacial score (nSPS) is 10.9. The van der Waals surface area contributed by atoms with Gasteiger partial charge in [0.25, 0.3) is 0 Å². The minimum absolute atomic E-state index is 0.664. The van der Waals surface area contributed by atoms with Gasteiger partial charge in [0.2, 0.25) is 5.89 Å². The van der Waals surface area contributed by atoms with Crippen molar-refractivity contribution in [2.24, 2.45) is 0 Å². The summed E-state index contributed by atoms with van der Waals surface area (Å²) in [6.45, 7) is 0. The van der Waals surface area contributed by atoms with Gasteiger partial charge in [-0.15, -0.1) is 0 Å². The van der Waals surface area contributed by atoms with Gasteiger partial charge in [0.1, 0.15) is 5.52 Å². The molecule has 0 bridgehead atoms. The van der Waals surface area contributed by atoms with Crippen LogP contribution in [0.3, 0.4) is 0 Å². The number of nitrogens with zero attached hydrogens (tertiary/aromatic N) is 1. The van der Waals surface area contributed by atoms with E-state index in [0.717, 1.165) is 21.1 Å². The van der Waals surface area contributed by atoms with Crippen molar-refractivity contribution in [1.82, 2.24) is 4.98 Å². The van der Waals surface area contributed by atoms with Gasteiger partial charge in [-0.25, -0.2) is 4.98 Å². The summed E-state index contributed by atoms with van der Waals surface area (Å²) in [7, 11) is 0. The van der Waals surface area contributed by atoms with Gasteiger partial charge in [0, 0.05) is 13.6 Å². The maximum Gasteiger partial charge on any atom is 0.227 e. The summed E-state index contributed by atoms with van der Waals surface area (Å²) < 4.78 is 7.91. The lowest BCUT2D eigenvalue weighted by molar-refractivity contribution is 0.620. The number of benzene rings is 2. The van der Waals surface area contributed by atoms with Crippen LogP contribution in [0.25, 0.3) is 22.6 Å². The quantitative estimate of drug-likeness (QED) is 0.546. The molecule has 0 radical (unpaired) electrons. The number of halogens is 2. The van der Waals surface area contributed by atoms with E-state index in [1.165, 1.54) is 3.57 Å². The molecule has 0 aliphatic heterocycles. The van der Waals surface area contributed by atoms with E-state index in [2.05, 4.69) is 49.6 Å². The fourth-order valence-corrected chi connectivity index (χ4v) is 2.54. The van der Waals surface area contributed by atoms with Crippen LogP contribution in [0.1, 0.15) is 0 Å². The van der Waals surface area contributed by atoms with E-state index in [1.54, 1.807) is 0 Å². The summed E-state index contributed by atoms with van der Waals surface area (Å²) in [5.74, 6) is 0.664. The summed E-state index contributed by atoms with van der Waals surface area (Å²) in [6, 6.07) is 13.9. The predicted octanol–water partition coefficient (Wildman–Crippen LogP) is 4.86. The third-order valence-electron chi connectivity index (χ3n) is 2.42. The molecule has 84 valence electrons. The van der Waals surface area contributed by atoms with Gasteiger partial charge in [-0.05, 0) is 59.0 Å². The first-order chi connectivity index (χ1) is 8.22. The van der Waals surface area contributed by atoms with E-state index in [-0.39, 0.29) is 0 Å². The van der Waals surface area contributed by atoms with Crippen molar-refractivity contribution in [3.8, 4) is 11.5 Å². The molecule has 0 atom stereocenters. The summed E-state index contributed by atoms with van der Waals surface area (Å²) >= 11 is 5.71. The predicted molar refractivity (Wildman–Crippen MR) is 79.9 cm³/mol. The maximum absolute atomic E-state index is 5.73. The van der Waals surface area contributed by atoms with Crippen molar-refractivity contribution < 1.29 is 4.42 Å². The molecule has 17 heavy (non-hydrogen) atoms. The number of hydrogen-bond donors (Lipinski definition) is 0. The Hall–Kier alpha value is -0.880. The second-order valence-corrected chi connectivity index (χ2v) is 5.80. The lowest BCUT2D eigenvalue weighted by Crippen LogP contribution is -1.77. The van der Waals surface area contributed by atoms with E-state index in [0.29, 0.717) is 5.89 Å². The summed E-state index contributed by atoms with van der Waals surface area (Å²) in [5.41, 5.74) is 2.68. The molecule has 0 fully saturated rings. The van der Waals surface area contributed by atoms with E-state index in [4.69, 9.17) is 4.42 Å². The van der Waals surface area contributed by atoms with Gasteiger partial charge in [-0.2, -0.15) is 0 Å². The number of hydrogen-bond acceptors (Lipinski definition) is 2. The molecule has 0 aliphatic carbocycles. The molecule has 0 spiro atoms. The first-order valence-corrected chi connectivity index (χ1v) is 6.91. The van der Waals surface area contributed by atoms with Crippen molar-refractivity contribution in [2.75, 3.05) is 0 Å². The van der Waals surface area contributed by atoms with Crippen LogP contribution < -0.4 is 0 Å². The number of aromatic nitrogens is 1. The summed E-state index contributed by atoms with van der Waals surface area (Å²) in [6.07, 6.45) is 0. The van der Waals surface area contributed by atoms with Gasteiger partial charge in [-0.3, -0.25) is 0 Å². The largest absolute Gasteiger partial charge is 0.436 e. The van der Waals surface area contributed by atoms with Crippen molar-refractivity contribution in [3.05, 3.63) is 50.5 Å². The van der Waals surface area contributed by atoms with Crippen molar-refractivity contribution >= 4 is 49.6 Å². The monoisotopic (exact) mass is 399 g/mol. The van der Waals surface area contributed by atoms with Crippen LogP contribution in [-0.4, -0.2) is 4.98 Å². The molecule has 0 saturated heterocycles. The van der Waals surface area contributed by atoms with Gasteiger partial charge < -0.3 is 4.42 Å². The highest BCUT2D eigenvalue weighted by Crippen LogP contribution is 2.26. The second-order valence-electron chi connectivity index (χ2n) is 3.64. The van der Waals surface area contributed by atoms with Gasteiger partial charge in [-0.1, -0.05) is 22.0 Å². The molecule has 2 aromatic carbocycles. The molecule has 1 aromatic heterocycles. The lowest BCUT2D eigenvalue weighted by Gasteiger charge is -1.94. The Bertz CT molecular complexity index is 693. The molecule has 2 nitrogen and oxygen atoms in total. The van der Waals surface area contributed by atoms with Crippen molar-refractivity contribution in [3.63, 3.8) is 0 Å². The van der Waals surface area contributed by atoms with Crippen LogP contribution in [-0.2, 0) is 0 Å². The van der Waals surface area contributed by atoms with Crippen LogP contribution in [0.4, 0.5) is 0 Å². The molecule has 0 aliphatic rings. The first-order valence-electron chi connectivity index (χ1n) is 5.04. The zero-order valence-corrected chi connectivity index (χ0v) is 12.4. The Balaban J connectivity index is 2.18. The molecule has 0 N–H and O–H groups in total. The van der Waals surface area contributed by atoms with Crippen LogP contribution in [0, 0.1) is 3.57 Å². The third kappa shape index (κ3) is 2.24. The van der Waals surface area contributed by atoms with Crippen LogP contribution in [0.5, 0.6) is 0 Å². The molecule has 0 unspecified atom stereocenters. The van der Waals surface area contributed by atoms with Gasteiger partial charge in [0.15, 0.2) is 5.58 Å². The molecule has 0 saturated carbocycles. The fraction of sp³-hybridized carbons (Fsp3) is 0. The van der Waals surface area contributed by atoms with Gasteiger partial charge in [0.05, 0.1) is 0 Å². The molecule has 3 rings (SSSR count). The highest BCUT2D eigenvalue weighted by Gasteiger charge is 2.08. The molecule has 3 aromatic rings. The van der Waals surface area contributed by atoms with Crippen LogP contribution >= 0.6 is 38.5 Å². The van der Waals surface area contributed by atoms with Crippen molar-refractivity contribution in [1.29, 1.82) is 0 Å². The Morgan fingerprint density at radius 3 is 2.82 bits per heavy atom. The van der Waals surface area contributed by atoms with E-state index in [1.807, 2.05) is 36.4 Å². The summed E-state index contributed by atoms with van der Waals surface area (Å²) in [5, 5.41) is 0. The molecule has 0 amide bonds. The topological polar surface area (TPSA) is 26.0 Å². The van der Waals surface area contributed by atoms with Crippen molar-refractivity contribution in [2.45, 2.75) is 0 Å². The fourth-order valence-electron chi connectivity index (χ4n) is 1.65. The van der Waals surface area contributed by atoms with E-state index in [9.17, 15) is 0 Å². The highest BCUT2D eigenvalue weighted by molar-refractivity contribution is 14.1. The maximum atomic E-state index is 5.73. The zero-order chi connectivity index (χ0) is 11.8. The standard InChI is InChI=1S/C13H7BrINO/c14-9-4-5-12-11(7-9)16-13(17-12)8-2-1-3-10(15)6-8/h1-7H. The Morgan fingerprint density at radius 1 is 1.12 bits per heavy atom. The number of oxazole rings is 1. The Labute approximate surface area is 120 Å². The average Bonchev–Trinajstić information content (AvgIpc) is 2.72. The molecule has 1 heterocycles. The number of rotatable bonds is 1. The zero-order valence-electron chi connectivity index (χ0n) is 8.65. The van der Waals surface area contributed by atoms with Crippen LogP contribution in [0.15, 0.2) is 51.4 Å². The minimum Gasteiger partial charge on any atom is -0.436 e. The highest BCUT2D eigenvalue weighted by atomic mass is 127. The smallest absolute Gasteiger partial charge is 0.227 e. The Morgan fingerprint density at radius 2 is 2.00 bits per heavy atom. The van der Waals surface area contributed by atoms with Gasteiger partial charge >= 0.3 is 0 Å². The lowest BCUT2D eigenvalue weighted by atomic mass is 10.2. The minimum atomic E-state index is 0.664. The SMILES string of the molecule is Brc1ccc2oc(-c3cccc(I)c3)nc2c1. The summed E-state index contributed by atoms with van der Waals surface area (Å²) in [4.78, 5) is 4.48. The second kappa shape index (κ2) is 4.42. The molecular weight excluding hydrogens is 393 g/mol.